The van der Waals surface area contributed by atoms with Crippen LogP contribution in [0, 0.1) is 0 Å². The van der Waals surface area contributed by atoms with Gasteiger partial charge >= 0.3 is 0 Å². The third-order valence-corrected chi connectivity index (χ3v) is 3.44. The molecule has 5 heteroatoms. The largest absolute Gasteiger partial charge is 0.338 e. The van der Waals surface area contributed by atoms with Crippen molar-refractivity contribution in [2.24, 2.45) is 0 Å². The summed E-state index contributed by atoms with van der Waals surface area (Å²) in [6, 6.07) is 0.341. The first kappa shape index (κ1) is 13.2. The molecule has 1 aliphatic rings. The van der Waals surface area contributed by atoms with Crippen molar-refractivity contribution >= 4 is 5.78 Å². The van der Waals surface area contributed by atoms with Crippen LogP contribution < -0.4 is 0 Å². The Morgan fingerprint density at radius 1 is 1.50 bits per heavy atom. The quantitative estimate of drug-likeness (QED) is 0.800. The average Bonchev–Trinajstić information content (AvgIpc) is 2.79. The lowest BCUT2D eigenvalue weighted by atomic mass is 9.98. The highest BCUT2D eigenvalue weighted by molar-refractivity contribution is 5.76. The van der Waals surface area contributed by atoms with E-state index in [1.807, 2.05) is 6.92 Å². The number of ketones is 1. The molecule has 1 atom stereocenters. The van der Waals surface area contributed by atoms with Gasteiger partial charge < -0.3 is 4.52 Å². The van der Waals surface area contributed by atoms with E-state index in [-0.39, 0.29) is 5.78 Å². The number of nitrogens with zero attached hydrogens (tertiary/aromatic N) is 3. The maximum absolute atomic E-state index is 11.3. The molecule has 0 saturated carbocycles. The molecule has 0 amide bonds. The number of aryl methyl sites for hydroxylation is 1. The Morgan fingerprint density at radius 2 is 2.33 bits per heavy atom. The van der Waals surface area contributed by atoms with E-state index in [0.29, 0.717) is 24.9 Å². The molecule has 0 spiro atoms. The van der Waals surface area contributed by atoms with Gasteiger partial charge in [0.25, 0.3) is 0 Å². The molecule has 0 radical (unpaired) electrons. The molecule has 1 unspecified atom stereocenters. The van der Waals surface area contributed by atoms with Gasteiger partial charge in [-0.15, -0.1) is 0 Å². The molecule has 1 aromatic rings. The Bertz CT molecular complexity index is 403. The molecule has 1 saturated heterocycles. The van der Waals surface area contributed by atoms with Crippen LogP contribution in [0.1, 0.15) is 51.2 Å². The van der Waals surface area contributed by atoms with Gasteiger partial charge in [-0.05, 0) is 26.3 Å². The van der Waals surface area contributed by atoms with Gasteiger partial charge in [-0.3, -0.25) is 9.69 Å². The average molecular weight is 251 g/mol. The van der Waals surface area contributed by atoms with E-state index in [1.54, 1.807) is 6.92 Å². The zero-order valence-corrected chi connectivity index (χ0v) is 11.2. The summed E-state index contributed by atoms with van der Waals surface area (Å²) in [6.07, 6.45) is 4.91. The van der Waals surface area contributed by atoms with Crippen molar-refractivity contribution < 1.29 is 9.32 Å². The van der Waals surface area contributed by atoms with Crippen molar-refractivity contribution in [3.8, 4) is 0 Å². The summed E-state index contributed by atoms with van der Waals surface area (Å²) in [5, 5.41) is 3.91. The number of carbonyl (C=O) groups is 1. The Kier molecular flexibility index (Phi) is 4.47. The van der Waals surface area contributed by atoms with Crippen LogP contribution >= 0.6 is 0 Å². The lowest BCUT2D eigenvalue weighted by Crippen LogP contribution is -2.40. The minimum atomic E-state index is 0.256. The second-order valence-corrected chi connectivity index (χ2v) is 4.98. The molecule has 5 nitrogen and oxygen atoms in total. The smallest absolute Gasteiger partial charge is 0.240 e. The van der Waals surface area contributed by atoms with Crippen LogP contribution in [0.2, 0.25) is 0 Å². The summed E-state index contributed by atoms with van der Waals surface area (Å²) in [5.74, 6) is 1.68. The van der Waals surface area contributed by atoms with E-state index in [4.69, 9.17) is 4.52 Å². The number of aromatic nitrogens is 2. The summed E-state index contributed by atoms with van der Waals surface area (Å²) in [5.41, 5.74) is 0. The van der Waals surface area contributed by atoms with Crippen molar-refractivity contribution in [1.29, 1.82) is 0 Å². The van der Waals surface area contributed by atoms with E-state index in [1.165, 1.54) is 12.8 Å². The van der Waals surface area contributed by atoms with E-state index in [0.717, 1.165) is 25.2 Å². The molecule has 0 bridgehead atoms. The summed E-state index contributed by atoms with van der Waals surface area (Å²) in [7, 11) is 0. The summed E-state index contributed by atoms with van der Waals surface area (Å²) in [4.78, 5) is 17.9. The van der Waals surface area contributed by atoms with Crippen LogP contribution in [0.15, 0.2) is 4.52 Å². The van der Waals surface area contributed by atoms with E-state index >= 15 is 0 Å². The predicted molar refractivity (Wildman–Crippen MR) is 67.0 cm³/mol. The van der Waals surface area contributed by atoms with Crippen LogP contribution in [0.25, 0.3) is 0 Å². The summed E-state index contributed by atoms with van der Waals surface area (Å²) in [6.45, 7) is 5.36. The lowest BCUT2D eigenvalue weighted by Gasteiger charge is -2.34. The van der Waals surface area contributed by atoms with Gasteiger partial charge in [0.1, 0.15) is 5.78 Å². The molecule has 2 heterocycles. The van der Waals surface area contributed by atoms with Crippen LogP contribution in [-0.4, -0.2) is 33.4 Å². The van der Waals surface area contributed by atoms with Crippen LogP contribution in [0.5, 0.6) is 0 Å². The Balaban J connectivity index is 1.98. The molecule has 18 heavy (non-hydrogen) atoms. The highest BCUT2D eigenvalue weighted by atomic mass is 16.5. The predicted octanol–water partition coefficient (Wildman–Crippen LogP) is 1.97. The first-order valence-electron chi connectivity index (χ1n) is 6.74. The number of hydrogen-bond acceptors (Lipinski definition) is 5. The normalized spacial score (nSPS) is 21.1. The second-order valence-electron chi connectivity index (χ2n) is 4.98. The minimum absolute atomic E-state index is 0.256. The molecule has 0 aliphatic carbocycles. The number of hydrogen-bond donors (Lipinski definition) is 0. The number of rotatable bonds is 5. The van der Waals surface area contributed by atoms with E-state index < -0.39 is 0 Å². The lowest BCUT2D eigenvalue weighted by molar-refractivity contribution is -0.118. The number of piperidine rings is 1. The molecular formula is C13H21N3O2. The summed E-state index contributed by atoms with van der Waals surface area (Å²) < 4.78 is 5.22. The zero-order chi connectivity index (χ0) is 13.0. The third-order valence-electron chi connectivity index (χ3n) is 3.44. The SMILES string of the molecule is CCc1noc(CN2CCCCC2CC(C)=O)n1. The van der Waals surface area contributed by atoms with Crippen LogP contribution in [-0.2, 0) is 17.8 Å². The minimum Gasteiger partial charge on any atom is -0.338 e. The number of carbonyl (C=O) groups excluding carboxylic acids is 1. The Labute approximate surface area is 108 Å². The first-order chi connectivity index (χ1) is 8.69. The highest BCUT2D eigenvalue weighted by Crippen LogP contribution is 2.21. The topological polar surface area (TPSA) is 59.2 Å². The van der Waals surface area contributed by atoms with Crippen molar-refractivity contribution in [1.82, 2.24) is 15.0 Å². The van der Waals surface area contributed by atoms with E-state index in [9.17, 15) is 4.79 Å². The molecule has 0 aromatic carbocycles. The zero-order valence-electron chi connectivity index (χ0n) is 11.2. The van der Waals surface area contributed by atoms with Gasteiger partial charge in [0.15, 0.2) is 5.82 Å². The Hall–Kier alpha value is -1.23. The van der Waals surface area contributed by atoms with Gasteiger partial charge in [0.2, 0.25) is 5.89 Å². The third kappa shape index (κ3) is 3.38. The maximum atomic E-state index is 11.3. The van der Waals surface area contributed by atoms with Crippen LogP contribution in [0.3, 0.4) is 0 Å². The van der Waals surface area contributed by atoms with Crippen molar-refractivity contribution in [2.75, 3.05) is 6.54 Å². The molecule has 0 N–H and O–H groups in total. The molecular weight excluding hydrogens is 230 g/mol. The molecule has 2 rings (SSSR count). The molecule has 1 fully saturated rings. The maximum Gasteiger partial charge on any atom is 0.240 e. The molecule has 1 aliphatic heterocycles. The highest BCUT2D eigenvalue weighted by Gasteiger charge is 2.25. The molecule has 100 valence electrons. The van der Waals surface area contributed by atoms with Crippen molar-refractivity contribution in [2.45, 2.75) is 58.5 Å². The van der Waals surface area contributed by atoms with Crippen molar-refractivity contribution in [3.05, 3.63) is 11.7 Å². The fraction of sp³-hybridized carbons (Fsp3) is 0.769. The number of Topliss-reactive ketones (excluding diaryl/α,β-unsaturated/α-hetero) is 1. The molecule has 1 aromatic heterocycles. The van der Waals surface area contributed by atoms with E-state index in [2.05, 4.69) is 15.0 Å². The van der Waals surface area contributed by atoms with Gasteiger partial charge in [0, 0.05) is 18.9 Å². The Morgan fingerprint density at radius 3 is 3.00 bits per heavy atom. The number of likely N-dealkylation sites (tertiary alicyclic amines) is 1. The standard InChI is InChI=1S/C13H21N3O2/c1-3-12-14-13(18-15-12)9-16-7-5-4-6-11(16)8-10(2)17/h11H,3-9H2,1-2H3. The fourth-order valence-corrected chi connectivity index (χ4v) is 2.50. The van der Waals surface area contributed by atoms with Gasteiger partial charge in [-0.1, -0.05) is 18.5 Å². The van der Waals surface area contributed by atoms with Gasteiger partial charge in [0.05, 0.1) is 6.54 Å². The van der Waals surface area contributed by atoms with Crippen molar-refractivity contribution in [3.63, 3.8) is 0 Å². The van der Waals surface area contributed by atoms with Crippen LogP contribution in [0.4, 0.5) is 0 Å². The first-order valence-corrected chi connectivity index (χ1v) is 6.74. The monoisotopic (exact) mass is 251 g/mol. The second kappa shape index (κ2) is 6.09. The van der Waals surface area contributed by atoms with Gasteiger partial charge in [-0.2, -0.15) is 4.98 Å². The van der Waals surface area contributed by atoms with Gasteiger partial charge in [-0.25, -0.2) is 0 Å². The fourth-order valence-electron chi connectivity index (χ4n) is 2.50. The summed E-state index contributed by atoms with van der Waals surface area (Å²) >= 11 is 0.